The minimum Gasteiger partial charge on any atom is -0.341 e. The summed E-state index contributed by atoms with van der Waals surface area (Å²) in [5.41, 5.74) is 1.18. The molecule has 1 saturated carbocycles. The predicted octanol–water partition coefficient (Wildman–Crippen LogP) is 3.21. The van der Waals surface area contributed by atoms with E-state index in [2.05, 4.69) is 15.9 Å². The minimum absolute atomic E-state index is 0.269. The number of hydrogen-bond acceptors (Lipinski definition) is 1. The van der Waals surface area contributed by atoms with E-state index < -0.39 is 0 Å². The number of hydrogen-bond donors (Lipinski definition) is 0. The van der Waals surface area contributed by atoms with E-state index >= 15 is 0 Å². The zero-order valence-electron chi connectivity index (χ0n) is 9.45. The maximum atomic E-state index is 11.8. The number of nitrogens with zero attached hydrogens (tertiary/aromatic N) is 1. The Kier molecular flexibility index (Phi) is 3.64. The van der Waals surface area contributed by atoms with Crippen molar-refractivity contribution in [1.82, 2.24) is 4.90 Å². The first-order valence-corrected chi connectivity index (χ1v) is 6.43. The Morgan fingerprint density at radius 1 is 1.38 bits per heavy atom. The number of carbonyl (C=O) groups is 1. The maximum Gasteiger partial charge on any atom is 0.222 e. The largest absolute Gasteiger partial charge is 0.341 e. The average Bonchev–Trinajstić information content (AvgIpc) is 3.05. The summed E-state index contributed by atoms with van der Waals surface area (Å²) in [4.78, 5) is 13.6. The first-order valence-electron chi connectivity index (χ1n) is 5.63. The molecule has 1 aromatic rings. The van der Waals surface area contributed by atoms with Gasteiger partial charge in [0, 0.05) is 24.5 Å². The number of amides is 1. The highest BCUT2D eigenvalue weighted by Crippen LogP contribution is 2.32. The Balaban J connectivity index is 1.87. The summed E-state index contributed by atoms with van der Waals surface area (Å²) in [6.07, 6.45) is 3.20. The third-order valence-corrected chi connectivity index (χ3v) is 3.45. The van der Waals surface area contributed by atoms with Crippen molar-refractivity contribution in [2.75, 3.05) is 7.05 Å². The molecule has 1 amide bonds. The van der Waals surface area contributed by atoms with Gasteiger partial charge in [0.25, 0.3) is 0 Å². The zero-order chi connectivity index (χ0) is 11.5. The second-order valence-electron chi connectivity index (χ2n) is 4.52. The lowest BCUT2D eigenvalue weighted by molar-refractivity contribution is -0.130. The van der Waals surface area contributed by atoms with Crippen molar-refractivity contribution in [2.24, 2.45) is 5.92 Å². The fraction of sp³-hybridized carbons (Fsp3) is 0.462. The van der Waals surface area contributed by atoms with E-state index in [1.807, 2.05) is 36.2 Å². The van der Waals surface area contributed by atoms with Crippen LogP contribution in [0.4, 0.5) is 0 Å². The Hall–Kier alpha value is -0.830. The predicted molar refractivity (Wildman–Crippen MR) is 68.0 cm³/mol. The molecule has 1 aliphatic carbocycles. The molecule has 0 unspecified atom stereocenters. The van der Waals surface area contributed by atoms with E-state index in [-0.39, 0.29) is 5.91 Å². The molecule has 0 aromatic heterocycles. The molecular weight excluding hydrogens is 266 g/mol. The smallest absolute Gasteiger partial charge is 0.222 e. The van der Waals surface area contributed by atoms with Gasteiger partial charge in [-0.15, -0.1) is 0 Å². The van der Waals surface area contributed by atoms with E-state index in [0.717, 1.165) is 10.9 Å². The van der Waals surface area contributed by atoms with Gasteiger partial charge in [-0.2, -0.15) is 0 Å². The molecule has 1 fully saturated rings. The number of carbonyl (C=O) groups excluding carboxylic acids is 1. The summed E-state index contributed by atoms with van der Waals surface area (Å²) in [6.45, 7) is 0.707. The Morgan fingerprint density at radius 3 is 2.56 bits per heavy atom. The van der Waals surface area contributed by atoms with Gasteiger partial charge in [0.2, 0.25) is 5.91 Å². The van der Waals surface area contributed by atoms with E-state index in [4.69, 9.17) is 0 Å². The van der Waals surface area contributed by atoms with Crippen LogP contribution in [0.5, 0.6) is 0 Å². The quantitative estimate of drug-likeness (QED) is 0.830. The lowest BCUT2D eigenvalue weighted by Gasteiger charge is -2.17. The van der Waals surface area contributed by atoms with Gasteiger partial charge >= 0.3 is 0 Å². The molecule has 3 heteroatoms. The molecule has 0 spiro atoms. The van der Waals surface area contributed by atoms with Crippen LogP contribution in [0.3, 0.4) is 0 Å². The van der Waals surface area contributed by atoms with Gasteiger partial charge in [0.1, 0.15) is 0 Å². The molecule has 0 saturated heterocycles. The fourth-order valence-electron chi connectivity index (χ4n) is 1.68. The normalized spacial score (nSPS) is 14.9. The number of halogens is 1. The highest BCUT2D eigenvalue weighted by Gasteiger charge is 2.25. The van der Waals surface area contributed by atoms with Crippen LogP contribution in [-0.4, -0.2) is 17.9 Å². The van der Waals surface area contributed by atoms with Gasteiger partial charge in [0.15, 0.2) is 0 Å². The summed E-state index contributed by atoms with van der Waals surface area (Å²) in [5.74, 6) is 0.935. The Labute approximate surface area is 105 Å². The standard InChI is InChI=1S/C13H16BrNO/c1-15(13(16)8-10-2-3-10)9-11-4-6-12(14)7-5-11/h4-7,10H,2-3,8-9H2,1H3. The monoisotopic (exact) mass is 281 g/mol. The molecule has 0 bridgehead atoms. The van der Waals surface area contributed by atoms with E-state index in [1.54, 1.807) is 0 Å². The van der Waals surface area contributed by atoms with Crippen LogP contribution in [0.2, 0.25) is 0 Å². The van der Waals surface area contributed by atoms with Gasteiger partial charge < -0.3 is 4.90 Å². The summed E-state index contributed by atoms with van der Waals surface area (Å²) in [5, 5.41) is 0. The van der Waals surface area contributed by atoms with Crippen LogP contribution in [0.15, 0.2) is 28.7 Å². The zero-order valence-corrected chi connectivity index (χ0v) is 11.0. The van der Waals surface area contributed by atoms with Crippen LogP contribution in [0, 0.1) is 5.92 Å². The van der Waals surface area contributed by atoms with Crippen molar-refractivity contribution in [2.45, 2.75) is 25.8 Å². The molecule has 0 N–H and O–H groups in total. The molecule has 0 aliphatic heterocycles. The van der Waals surface area contributed by atoms with E-state index in [9.17, 15) is 4.79 Å². The molecule has 1 aliphatic rings. The van der Waals surface area contributed by atoms with Crippen molar-refractivity contribution < 1.29 is 4.79 Å². The summed E-state index contributed by atoms with van der Waals surface area (Å²) >= 11 is 3.40. The minimum atomic E-state index is 0.269. The van der Waals surface area contributed by atoms with Gasteiger partial charge in [-0.1, -0.05) is 28.1 Å². The first kappa shape index (κ1) is 11.6. The third kappa shape index (κ3) is 3.34. The van der Waals surface area contributed by atoms with E-state index in [1.165, 1.54) is 18.4 Å². The molecule has 0 heterocycles. The highest BCUT2D eigenvalue weighted by atomic mass is 79.9. The highest BCUT2D eigenvalue weighted by molar-refractivity contribution is 9.10. The molecule has 2 rings (SSSR count). The summed E-state index contributed by atoms with van der Waals surface area (Å²) in [7, 11) is 1.88. The molecule has 0 atom stereocenters. The van der Waals surface area contributed by atoms with Crippen molar-refractivity contribution in [3.63, 3.8) is 0 Å². The van der Waals surface area contributed by atoms with Crippen molar-refractivity contribution in [3.05, 3.63) is 34.3 Å². The van der Waals surface area contributed by atoms with Crippen LogP contribution < -0.4 is 0 Å². The van der Waals surface area contributed by atoms with Gasteiger partial charge in [-0.3, -0.25) is 4.79 Å². The van der Waals surface area contributed by atoms with Gasteiger partial charge in [-0.25, -0.2) is 0 Å². The fourth-order valence-corrected chi connectivity index (χ4v) is 1.94. The molecule has 1 aromatic carbocycles. The first-order chi connectivity index (χ1) is 7.65. The second kappa shape index (κ2) is 5.00. The van der Waals surface area contributed by atoms with Crippen molar-refractivity contribution in [1.29, 1.82) is 0 Å². The maximum absolute atomic E-state index is 11.8. The van der Waals surface area contributed by atoms with Crippen LogP contribution >= 0.6 is 15.9 Å². The van der Waals surface area contributed by atoms with Crippen LogP contribution in [-0.2, 0) is 11.3 Å². The topological polar surface area (TPSA) is 20.3 Å². The number of benzene rings is 1. The molecule has 16 heavy (non-hydrogen) atoms. The second-order valence-corrected chi connectivity index (χ2v) is 5.44. The molecule has 86 valence electrons. The summed E-state index contributed by atoms with van der Waals surface area (Å²) < 4.78 is 1.07. The van der Waals surface area contributed by atoms with Crippen molar-refractivity contribution >= 4 is 21.8 Å². The van der Waals surface area contributed by atoms with Gasteiger partial charge in [0.05, 0.1) is 0 Å². The molecular formula is C13H16BrNO. The van der Waals surface area contributed by atoms with E-state index in [0.29, 0.717) is 12.5 Å². The lowest BCUT2D eigenvalue weighted by atomic mass is 10.2. The lowest BCUT2D eigenvalue weighted by Crippen LogP contribution is -2.26. The average molecular weight is 282 g/mol. The van der Waals surface area contributed by atoms with Crippen LogP contribution in [0.25, 0.3) is 0 Å². The third-order valence-electron chi connectivity index (χ3n) is 2.92. The molecule has 0 radical (unpaired) electrons. The SMILES string of the molecule is CN(Cc1ccc(Br)cc1)C(=O)CC1CC1. The number of rotatable bonds is 4. The van der Waals surface area contributed by atoms with Crippen LogP contribution in [0.1, 0.15) is 24.8 Å². The van der Waals surface area contributed by atoms with Gasteiger partial charge in [-0.05, 0) is 36.5 Å². The Morgan fingerprint density at radius 2 is 2.00 bits per heavy atom. The van der Waals surface area contributed by atoms with Crippen molar-refractivity contribution in [3.8, 4) is 0 Å². The Bertz CT molecular complexity index is 370. The summed E-state index contributed by atoms with van der Waals surface area (Å²) in [6, 6.07) is 8.11. The molecule has 2 nitrogen and oxygen atoms in total.